The third-order valence-electron chi connectivity index (χ3n) is 3.71. The number of nitrogens with zero attached hydrogens (tertiary/aromatic N) is 1. The summed E-state index contributed by atoms with van der Waals surface area (Å²) in [6.45, 7) is 4.67. The van der Waals surface area contributed by atoms with E-state index in [4.69, 9.17) is 9.47 Å². The number of ether oxygens (including phenoxy) is 2. The van der Waals surface area contributed by atoms with Gasteiger partial charge in [0, 0.05) is 32.0 Å². The molecule has 0 amide bonds. The zero-order valence-corrected chi connectivity index (χ0v) is 12.6. The van der Waals surface area contributed by atoms with Crippen LogP contribution in [-0.2, 0) is 4.74 Å². The summed E-state index contributed by atoms with van der Waals surface area (Å²) in [5.41, 5.74) is 1.13. The average molecular weight is 278 g/mol. The number of methoxy groups -OCH3 is 1. The zero-order chi connectivity index (χ0) is 14.2. The Morgan fingerprint density at radius 3 is 3.05 bits per heavy atom. The van der Waals surface area contributed by atoms with E-state index in [1.54, 1.807) is 7.11 Å². The molecule has 1 atom stereocenters. The van der Waals surface area contributed by atoms with E-state index in [0.717, 1.165) is 23.9 Å². The van der Waals surface area contributed by atoms with Crippen molar-refractivity contribution in [2.75, 3.05) is 52.3 Å². The summed E-state index contributed by atoms with van der Waals surface area (Å²) >= 11 is 0. The lowest BCUT2D eigenvalue weighted by molar-refractivity contribution is 0.146. The molecule has 0 radical (unpaired) electrons. The second-order valence-electron chi connectivity index (χ2n) is 5.52. The normalized spacial score (nSPS) is 19.8. The van der Waals surface area contributed by atoms with Crippen LogP contribution in [-0.4, -0.2) is 51.9 Å². The van der Waals surface area contributed by atoms with Crippen LogP contribution in [0.1, 0.15) is 12.8 Å². The minimum Gasteiger partial charge on any atom is -0.491 e. The van der Waals surface area contributed by atoms with Crippen molar-refractivity contribution in [1.82, 2.24) is 4.90 Å². The van der Waals surface area contributed by atoms with Crippen LogP contribution in [0.3, 0.4) is 0 Å². The highest BCUT2D eigenvalue weighted by Gasteiger charge is 2.16. The topological polar surface area (TPSA) is 33.7 Å². The van der Waals surface area contributed by atoms with Crippen LogP contribution in [0.5, 0.6) is 5.75 Å². The largest absolute Gasteiger partial charge is 0.491 e. The second kappa shape index (κ2) is 8.12. The quantitative estimate of drug-likeness (QED) is 0.777. The van der Waals surface area contributed by atoms with E-state index in [-0.39, 0.29) is 0 Å². The minimum atomic E-state index is 0.591. The molecular formula is C16H26N2O2. The van der Waals surface area contributed by atoms with Gasteiger partial charge in [0.05, 0.1) is 6.61 Å². The van der Waals surface area contributed by atoms with Gasteiger partial charge in [0.1, 0.15) is 12.4 Å². The molecule has 0 aliphatic carbocycles. The standard InChI is InChI=1S/C16H26N2O2/c1-18-8-4-5-14(13-18)12-17-15-6-3-7-16(11-15)20-10-9-19-2/h3,6-7,11,14,17H,4-5,8-10,12-13H2,1-2H3. The van der Waals surface area contributed by atoms with Gasteiger partial charge in [0.2, 0.25) is 0 Å². The van der Waals surface area contributed by atoms with Crippen molar-refractivity contribution in [3.8, 4) is 5.75 Å². The first-order chi connectivity index (χ1) is 9.78. The highest BCUT2D eigenvalue weighted by atomic mass is 16.5. The van der Waals surface area contributed by atoms with Crippen molar-refractivity contribution in [1.29, 1.82) is 0 Å². The molecule has 1 aromatic carbocycles. The Balaban J connectivity index is 1.78. The van der Waals surface area contributed by atoms with E-state index in [1.165, 1.54) is 25.9 Å². The number of hydrogen-bond donors (Lipinski definition) is 1. The molecule has 1 aliphatic rings. The van der Waals surface area contributed by atoms with Crippen LogP contribution >= 0.6 is 0 Å². The Morgan fingerprint density at radius 2 is 2.25 bits per heavy atom. The van der Waals surface area contributed by atoms with Gasteiger partial charge in [-0.05, 0) is 44.5 Å². The first-order valence-corrected chi connectivity index (χ1v) is 7.42. The first kappa shape index (κ1) is 15.1. The number of rotatable bonds is 7. The number of nitrogens with one attached hydrogen (secondary N) is 1. The summed E-state index contributed by atoms with van der Waals surface area (Å²) in [7, 11) is 3.89. The molecule has 1 unspecified atom stereocenters. The Hall–Kier alpha value is -1.26. The van der Waals surface area contributed by atoms with Gasteiger partial charge in [-0.15, -0.1) is 0 Å². The van der Waals surface area contributed by atoms with Crippen molar-refractivity contribution >= 4 is 5.69 Å². The summed E-state index contributed by atoms with van der Waals surface area (Å²) in [5.74, 6) is 1.64. The molecule has 1 aliphatic heterocycles. The van der Waals surface area contributed by atoms with Crippen LogP contribution < -0.4 is 10.1 Å². The van der Waals surface area contributed by atoms with Gasteiger partial charge in [0.25, 0.3) is 0 Å². The molecule has 4 nitrogen and oxygen atoms in total. The van der Waals surface area contributed by atoms with Crippen LogP contribution in [0.25, 0.3) is 0 Å². The summed E-state index contributed by atoms with van der Waals surface area (Å²) in [6.07, 6.45) is 2.63. The van der Waals surface area contributed by atoms with Crippen LogP contribution in [0, 0.1) is 5.92 Å². The summed E-state index contributed by atoms with van der Waals surface area (Å²) in [5, 5.41) is 3.53. The number of anilines is 1. The first-order valence-electron chi connectivity index (χ1n) is 7.42. The van der Waals surface area contributed by atoms with E-state index < -0.39 is 0 Å². The maximum absolute atomic E-state index is 5.62. The fourth-order valence-electron chi connectivity index (χ4n) is 2.64. The Bertz CT molecular complexity index is 398. The van der Waals surface area contributed by atoms with Gasteiger partial charge in [-0.3, -0.25) is 0 Å². The van der Waals surface area contributed by atoms with Crippen molar-refractivity contribution in [3.05, 3.63) is 24.3 Å². The second-order valence-corrected chi connectivity index (χ2v) is 5.52. The molecule has 0 bridgehead atoms. The van der Waals surface area contributed by atoms with Crippen molar-refractivity contribution in [2.45, 2.75) is 12.8 Å². The smallest absolute Gasteiger partial charge is 0.121 e. The third kappa shape index (κ3) is 5.02. The average Bonchev–Trinajstić information content (AvgIpc) is 2.46. The molecule has 112 valence electrons. The van der Waals surface area contributed by atoms with E-state index in [2.05, 4.69) is 29.4 Å². The third-order valence-corrected chi connectivity index (χ3v) is 3.71. The molecule has 1 aromatic rings. The highest BCUT2D eigenvalue weighted by Crippen LogP contribution is 2.20. The van der Waals surface area contributed by atoms with Gasteiger partial charge in [-0.25, -0.2) is 0 Å². The molecule has 1 saturated heterocycles. The molecule has 0 spiro atoms. The molecular weight excluding hydrogens is 252 g/mol. The Labute approximate surface area is 122 Å². The fraction of sp³-hybridized carbons (Fsp3) is 0.625. The van der Waals surface area contributed by atoms with Gasteiger partial charge in [-0.1, -0.05) is 6.07 Å². The Morgan fingerprint density at radius 1 is 1.35 bits per heavy atom. The summed E-state index contributed by atoms with van der Waals surface area (Å²) in [4.78, 5) is 2.42. The molecule has 0 aromatic heterocycles. The van der Waals surface area contributed by atoms with Gasteiger partial charge in [-0.2, -0.15) is 0 Å². The van der Waals surface area contributed by atoms with E-state index in [0.29, 0.717) is 13.2 Å². The molecule has 20 heavy (non-hydrogen) atoms. The highest BCUT2D eigenvalue weighted by molar-refractivity contribution is 5.48. The summed E-state index contributed by atoms with van der Waals surface area (Å²) in [6, 6.07) is 8.16. The number of likely N-dealkylation sites (tertiary alicyclic amines) is 1. The Kier molecular flexibility index (Phi) is 6.15. The zero-order valence-electron chi connectivity index (χ0n) is 12.6. The maximum atomic E-state index is 5.62. The predicted octanol–water partition coefficient (Wildman–Crippen LogP) is 2.47. The van der Waals surface area contributed by atoms with Crippen LogP contribution in [0.2, 0.25) is 0 Å². The predicted molar refractivity (Wildman–Crippen MR) is 82.5 cm³/mol. The lowest BCUT2D eigenvalue weighted by Gasteiger charge is -2.30. The lowest BCUT2D eigenvalue weighted by atomic mass is 9.98. The van der Waals surface area contributed by atoms with Crippen molar-refractivity contribution in [2.24, 2.45) is 5.92 Å². The van der Waals surface area contributed by atoms with Crippen molar-refractivity contribution < 1.29 is 9.47 Å². The molecule has 1 N–H and O–H groups in total. The van der Waals surface area contributed by atoms with Gasteiger partial charge in [0.15, 0.2) is 0 Å². The molecule has 2 rings (SSSR count). The maximum Gasteiger partial charge on any atom is 0.121 e. The van der Waals surface area contributed by atoms with E-state index in [1.807, 2.05) is 12.1 Å². The molecule has 4 heteroatoms. The van der Waals surface area contributed by atoms with Crippen LogP contribution in [0.15, 0.2) is 24.3 Å². The van der Waals surface area contributed by atoms with E-state index in [9.17, 15) is 0 Å². The van der Waals surface area contributed by atoms with Crippen LogP contribution in [0.4, 0.5) is 5.69 Å². The fourth-order valence-corrected chi connectivity index (χ4v) is 2.64. The van der Waals surface area contributed by atoms with E-state index >= 15 is 0 Å². The van der Waals surface area contributed by atoms with Gasteiger partial charge >= 0.3 is 0 Å². The monoisotopic (exact) mass is 278 g/mol. The van der Waals surface area contributed by atoms with Crippen molar-refractivity contribution in [3.63, 3.8) is 0 Å². The number of hydrogen-bond acceptors (Lipinski definition) is 4. The molecule has 1 heterocycles. The minimum absolute atomic E-state index is 0.591. The number of benzene rings is 1. The SMILES string of the molecule is COCCOc1cccc(NCC2CCCN(C)C2)c1. The van der Waals surface area contributed by atoms with Gasteiger partial charge < -0.3 is 19.7 Å². The number of piperidine rings is 1. The lowest BCUT2D eigenvalue weighted by Crippen LogP contribution is -2.35. The summed E-state index contributed by atoms with van der Waals surface area (Å²) < 4.78 is 10.6. The molecule has 0 saturated carbocycles. The molecule has 1 fully saturated rings.